The zero-order valence-corrected chi connectivity index (χ0v) is 9.75. The smallest absolute Gasteiger partial charge is 0.258 e. The summed E-state index contributed by atoms with van der Waals surface area (Å²) in [5.74, 6) is -1.77. The molecule has 102 valence electrons. The van der Waals surface area contributed by atoms with Crippen molar-refractivity contribution in [2.45, 2.75) is 0 Å². The van der Waals surface area contributed by atoms with Gasteiger partial charge in [-0.3, -0.25) is 20.2 Å². The van der Waals surface area contributed by atoms with Gasteiger partial charge in [0.05, 0.1) is 15.9 Å². The van der Waals surface area contributed by atoms with E-state index in [1.807, 2.05) is 0 Å². The van der Waals surface area contributed by atoms with Gasteiger partial charge < -0.3 is 0 Å². The van der Waals surface area contributed by atoms with Crippen molar-refractivity contribution < 1.29 is 18.6 Å². The van der Waals surface area contributed by atoms with Crippen molar-refractivity contribution in [3.63, 3.8) is 0 Å². The maximum absolute atomic E-state index is 13.6. The predicted molar refractivity (Wildman–Crippen MR) is 65.1 cm³/mol. The highest BCUT2D eigenvalue weighted by molar-refractivity contribution is 5.70. The molecule has 0 spiro atoms. The highest BCUT2D eigenvalue weighted by atomic mass is 19.1. The molecule has 0 N–H and O–H groups in total. The predicted octanol–water partition coefficient (Wildman–Crippen LogP) is 3.45. The lowest BCUT2D eigenvalue weighted by atomic mass is 10.0. The molecular weight excluding hydrogens is 274 g/mol. The molecule has 0 aliphatic carbocycles. The molecule has 0 atom stereocenters. The van der Waals surface area contributed by atoms with Gasteiger partial charge in [-0.05, 0) is 17.7 Å². The van der Waals surface area contributed by atoms with E-state index in [1.54, 1.807) is 0 Å². The third-order valence-corrected chi connectivity index (χ3v) is 2.57. The number of non-ortho nitro benzene ring substituents is 2. The van der Waals surface area contributed by atoms with Crippen LogP contribution >= 0.6 is 0 Å². The lowest BCUT2D eigenvalue weighted by Gasteiger charge is -2.04. The number of hydrogen-bond acceptors (Lipinski definition) is 4. The van der Waals surface area contributed by atoms with E-state index in [0.29, 0.717) is 6.07 Å². The Balaban J connectivity index is 2.66. The fourth-order valence-corrected chi connectivity index (χ4v) is 1.69. The number of nitro benzene ring substituents is 2. The molecule has 2 rings (SSSR count). The van der Waals surface area contributed by atoms with Crippen LogP contribution in [0.5, 0.6) is 0 Å². The van der Waals surface area contributed by atoms with Crippen LogP contribution in [0.15, 0.2) is 36.4 Å². The zero-order valence-electron chi connectivity index (χ0n) is 9.75. The Morgan fingerprint density at radius 3 is 1.85 bits per heavy atom. The molecule has 0 aliphatic rings. The Kier molecular flexibility index (Phi) is 3.38. The molecule has 6 nitrogen and oxygen atoms in total. The van der Waals surface area contributed by atoms with Gasteiger partial charge in [-0.1, -0.05) is 0 Å². The number of nitrogens with zero attached hydrogens (tertiary/aromatic N) is 2. The van der Waals surface area contributed by atoms with Crippen LogP contribution in [0.2, 0.25) is 0 Å². The Labute approximate surface area is 110 Å². The van der Waals surface area contributed by atoms with Crippen LogP contribution in [0.4, 0.5) is 20.2 Å². The van der Waals surface area contributed by atoms with Crippen molar-refractivity contribution in [1.82, 2.24) is 0 Å². The average Bonchev–Trinajstić information content (AvgIpc) is 2.38. The van der Waals surface area contributed by atoms with E-state index < -0.39 is 32.9 Å². The molecule has 2 aromatic rings. The van der Waals surface area contributed by atoms with Crippen molar-refractivity contribution in [1.29, 1.82) is 0 Å². The Morgan fingerprint density at radius 1 is 0.850 bits per heavy atom. The summed E-state index contributed by atoms with van der Waals surface area (Å²) in [5.41, 5.74) is -1.31. The highest BCUT2D eigenvalue weighted by Gasteiger charge is 2.18. The van der Waals surface area contributed by atoms with Gasteiger partial charge in [0.1, 0.15) is 11.6 Å². The third-order valence-electron chi connectivity index (χ3n) is 2.57. The van der Waals surface area contributed by atoms with Crippen LogP contribution in [0.1, 0.15) is 0 Å². The first-order chi connectivity index (χ1) is 9.38. The fraction of sp³-hybridized carbons (Fsp3) is 0. The van der Waals surface area contributed by atoms with Crippen LogP contribution in [0.3, 0.4) is 0 Å². The molecule has 0 amide bonds. The van der Waals surface area contributed by atoms with Gasteiger partial charge in [-0.15, -0.1) is 0 Å². The topological polar surface area (TPSA) is 86.3 Å². The first-order valence-corrected chi connectivity index (χ1v) is 5.28. The minimum atomic E-state index is -0.959. The second-order valence-corrected chi connectivity index (χ2v) is 3.88. The molecule has 0 saturated carbocycles. The minimum absolute atomic E-state index is 0.0663. The number of benzene rings is 2. The lowest BCUT2D eigenvalue weighted by molar-refractivity contribution is -0.394. The summed E-state index contributed by atoms with van der Waals surface area (Å²) in [7, 11) is 0. The molecule has 20 heavy (non-hydrogen) atoms. The van der Waals surface area contributed by atoms with E-state index in [2.05, 4.69) is 0 Å². The first-order valence-electron chi connectivity index (χ1n) is 5.28. The van der Waals surface area contributed by atoms with E-state index in [-0.39, 0.29) is 11.1 Å². The SMILES string of the molecule is O=[N+]([O-])c1cc(-c2ccc(F)cc2F)cc([N+](=O)[O-])c1. The molecule has 2 aromatic carbocycles. The van der Waals surface area contributed by atoms with Crippen molar-refractivity contribution >= 4 is 11.4 Å². The van der Waals surface area contributed by atoms with Crippen molar-refractivity contribution in [3.8, 4) is 11.1 Å². The van der Waals surface area contributed by atoms with E-state index in [4.69, 9.17) is 0 Å². The van der Waals surface area contributed by atoms with Crippen molar-refractivity contribution in [2.24, 2.45) is 0 Å². The van der Waals surface area contributed by atoms with Gasteiger partial charge in [0, 0.05) is 23.8 Å². The summed E-state index contributed by atoms with van der Waals surface area (Å²) in [6, 6.07) is 5.37. The summed E-state index contributed by atoms with van der Waals surface area (Å²) in [6.07, 6.45) is 0. The summed E-state index contributed by atoms with van der Waals surface area (Å²) in [6.45, 7) is 0. The Bertz CT molecular complexity index is 686. The second-order valence-electron chi connectivity index (χ2n) is 3.88. The first kappa shape index (κ1) is 13.5. The standard InChI is InChI=1S/C12H6F2N2O4/c13-8-1-2-11(12(14)5-8)7-3-9(15(17)18)6-10(4-7)16(19)20/h1-6H. The van der Waals surface area contributed by atoms with Crippen LogP contribution in [0, 0.1) is 31.9 Å². The number of hydrogen-bond donors (Lipinski definition) is 0. The van der Waals surface area contributed by atoms with Gasteiger partial charge in [0.2, 0.25) is 0 Å². The third kappa shape index (κ3) is 2.58. The van der Waals surface area contributed by atoms with Crippen molar-refractivity contribution in [3.05, 3.63) is 68.3 Å². The van der Waals surface area contributed by atoms with E-state index >= 15 is 0 Å². The lowest BCUT2D eigenvalue weighted by Crippen LogP contribution is -1.95. The van der Waals surface area contributed by atoms with Gasteiger partial charge in [0.15, 0.2) is 0 Å². The largest absolute Gasteiger partial charge is 0.276 e. The van der Waals surface area contributed by atoms with Crippen LogP contribution in [-0.4, -0.2) is 9.85 Å². The average molecular weight is 280 g/mol. The Hall–Kier alpha value is -2.90. The normalized spacial score (nSPS) is 10.3. The van der Waals surface area contributed by atoms with Crippen LogP contribution in [0.25, 0.3) is 11.1 Å². The van der Waals surface area contributed by atoms with E-state index in [0.717, 1.165) is 30.3 Å². The number of halogens is 2. The zero-order chi connectivity index (χ0) is 14.9. The molecule has 0 aromatic heterocycles. The molecule has 0 heterocycles. The maximum atomic E-state index is 13.6. The quantitative estimate of drug-likeness (QED) is 0.636. The number of rotatable bonds is 3. The molecule has 0 radical (unpaired) electrons. The summed E-state index contributed by atoms with van der Waals surface area (Å²) in [4.78, 5) is 19.8. The maximum Gasteiger partial charge on any atom is 0.276 e. The summed E-state index contributed by atoms with van der Waals surface area (Å²) < 4.78 is 26.4. The van der Waals surface area contributed by atoms with E-state index in [9.17, 15) is 29.0 Å². The number of nitro groups is 2. The van der Waals surface area contributed by atoms with Crippen LogP contribution < -0.4 is 0 Å². The fourth-order valence-electron chi connectivity index (χ4n) is 1.69. The van der Waals surface area contributed by atoms with Gasteiger partial charge in [0.25, 0.3) is 11.4 Å². The molecule has 8 heteroatoms. The van der Waals surface area contributed by atoms with Gasteiger partial charge in [-0.2, -0.15) is 0 Å². The van der Waals surface area contributed by atoms with Gasteiger partial charge >= 0.3 is 0 Å². The monoisotopic (exact) mass is 280 g/mol. The summed E-state index contributed by atoms with van der Waals surface area (Å²) in [5, 5.41) is 21.5. The molecule has 0 fully saturated rings. The van der Waals surface area contributed by atoms with E-state index in [1.165, 1.54) is 0 Å². The molecule has 0 saturated heterocycles. The minimum Gasteiger partial charge on any atom is -0.258 e. The second kappa shape index (κ2) is 5.00. The molecular formula is C12H6F2N2O4. The summed E-state index contributed by atoms with van der Waals surface area (Å²) >= 11 is 0. The molecule has 0 aliphatic heterocycles. The molecule has 0 bridgehead atoms. The molecule has 0 unspecified atom stereocenters. The van der Waals surface area contributed by atoms with Crippen molar-refractivity contribution in [2.75, 3.05) is 0 Å². The van der Waals surface area contributed by atoms with Crippen LogP contribution in [-0.2, 0) is 0 Å². The highest BCUT2D eigenvalue weighted by Crippen LogP contribution is 2.31. The Morgan fingerprint density at radius 2 is 1.40 bits per heavy atom. The van der Waals surface area contributed by atoms with Gasteiger partial charge in [-0.25, -0.2) is 8.78 Å².